The van der Waals surface area contributed by atoms with E-state index in [4.69, 9.17) is 32.3 Å². The Kier molecular flexibility index (Phi) is 77.5. The molecule has 0 rings (SSSR count). The zero-order chi connectivity index (χ0) is 78.0. The van der Waals surface area contributed by atoms with E-state index in [1.54, 1.807) is 0 Å². The van der Waals surface area contributed by atoms with Gasteiger partial charge in [0, 0.05) is 19.3 Å². The summed E-state index contributed by atoms with van der Waals surface area (Å²) in [6, 6.07) is 0. The van der Waals surface area contributed by atoms with Gasteiger partial charge in [-0.2, -0.15) is 0 Å². The molecule has 0 amide bonds. The maximum Gasteiger partial charge on any atom is 0.472 e. The number of esters is 3. The lowest BCUT2D eigenvalue weighted by Gasteiger charge is -2.21. The molecule has 18 heteroatoms. The molecule has 0 aromatic rings. The van der Waals surface area contributed by atoms with E-state index < -0.39 is 91.5 Å². The van der Waals surface area contributed by atoms with Gasteiger partial charge in [-0.05, 0) is 141 Å². The first-order chi connectivity index (χ1) is 52.2. The Morgan fingerprint density at radius 1 is 0.271 bits per heavy atom. The third kappa shape index (κ3) is 82.2. The van der Waals surface area contributed by atoms with Crippen LogP contribution in [-0.4, -0.2) is 95.9 Å². The fraction of sp³-hybridized carbons (Fsp3) is 0.697. The Morgan fingerprint density at radius 2 is 0.514 bits per heavy atom. The number of hydrogen-bond donors (Lipinski definition) is 4. The lowest BCUT2D eigenvalue weighted by molar-refractivity contribution is -0.161. The second kappa shape index (κ2) is 80.9. The summed E-state index contributed by atoms with van der Waals surface area (Å²) < 4.78 is 61.2. The van der Waals surface area contributed by atoms with Crippen molar-refractivity contribution in [2.45, 2.75) is 360 Å². The number of phosphoric acid groups is 2. The van der Waals surface area contributed by atoms with Crippen LogP contribution >= 0.6 is 15.6 Å². The number of aliphatic hydroxyl groups excluding tert-OH is 2. The standard InChI is InChI=1S/C89H152O16P2/c1-4-7-10-13-16-19-22-25-27-29-31-33-35-36-37-38-39-40-41-42-43-44-45-46-48-50-51-53-55-58-60-63-66-69-72-75-87(92)99-78-84(90)79-101-106(95,96)102-80-85(91)81-103-107(97,98)104-83-86(105-89(94)77-74-71-68-65-62-57-24-21-18-15-12-9-6-3)82-100-88(93)76-73-70-67-64-61-59-56-54-52-49-47-34-32-30-28-26-23-20-17-14-11-8-5-2/h7,10,12,15-17,19-21,24-28,31-34,36-37,39-40,49,52,84-86,90-91H,4-6,8-9,11,13-14,18,22-23,29-30,35,38,41-48,50-51,53-83H2,1-3H3,(H,95,96)(H,97,98)/b10-7-,15-12-,19-16-,20-17-,24-21-,27-25-,28-26-,33-31-,34-32-,37-36-,40-39-,52-49-. The molecule has 5 atom stereocenters. The van der Waals surface area contributed by atoms with Crippen molar-refractivity contribution in [2.24, 2.45) is 0 Å². The molecule has 5 unspecified atom stereocenters. The molecule has 0 heterocycles. The highest BCUT2D eigenvalue weighted by Gasteiger charge is 2.29. The van der Waals surface area contributed by atoms with E-state index in [1.165, 1.54) is 109 Å². The van der Waals surface area contributed by atoms with Crippen LogP contribution in [0.25, 0.3) is 0 Å². The van der Waals surface area contributed by atoms with Crippen molar-refractivity contribution in [1.29, 1.82) is 0 Å². The molecular formula is C89H152O16P2. The Balaban J connectivity index is 4.41. The van der Waals surface area contributed by atoms with Crippen LogP contribution in [0, 0.1) is 0 Å². The second-order valence-electron chi connectivity index (χ2n) is 27.9. The van der Waals surface area contributed by atoms with Crippen LogP contribution in [0.15, 0.2) is 146 Å². The smallest absolute Gasteiger partial charge is 0.463 e. The summed E-state index contributed by atoms with van der Waals surface area (Å²) in [5, 5.41) is 20.7. The van der Waals surface area contributed by atoms with Gasteiger partial charge in [0.25, 0.3) is 0 Å². The molecule has 0 radical (unpaired) electrons. The quantitative estimate of drug-likeness (QED) is 0.0146. The average molecular weight is 1540 g/mol. The van der Waals surface area contributed by atoms with Gasteiger partial charge >= 0.3 is 33.6 Å². The van der Waals surface area contributed by atoms with Crippen LogP contribution < -0.4 is 0 Å². The number of unbranched alkanes of at least 4 members (excludes halogenated alkanes) is 32. The molecule has 0 fully saturated rings. The van der Waals surface area contributed by atoms with Gasteiger partial charge < -0.3 is 34.2 Å². The summed E-state index contributed by atoms with van der Waals surface area (Å²) in [5.41, 5.74) is 0. The van der Waals surface area contributed by atoms with Crippen molar-refractivity contribution >= 4 is 33.6 Å². The molecular weight excluding hydrogens is 1390 g/mol. The zero-order valence-electron chi connectivity index (χ0n) is 67.3. The third-order valence-electron chi connectivity index (χ3n) is 17.5. The van der Waals surface area contributed by atoms with E-state index in [0.717, 1.165) is 173 Å². The van der Waals surface area contributed by atoms with Crippen LogP contribution in [0.1, 0.15) is 342 Å². The van der Waals surface area contributed by atoms with Gasteiger partial charge in [0.2, 0.25) is 0 Å². The number of carbonyl (C=O) groups is 3. The average Bonchev–Trinajstić information content (AvgIpc) is 0.909. The lowest BCUT2D eigenvalue weighted by atomic mass is 10.0. The Morgan fingerprint density at radius 3 is 0.822 bits per heavy atom. The van der Waals surface area contributed by atoms with E-state index in [0.29, 0.717) is 19.3 Å². The van der Waals surface area contributed by atoms with Gasteiger partial charge in [0.15, 0.2) is 6.10 Å². The number of rotatable bonds is 79. The molecule has 614 valence electrons. The molecule has 0 aromatic heterocycles. The Hall–Kier alpha value is -4.57. The summed E-state index contributed by atoms with van der Waals surface area (Å²) in [6.07, 6.45) is 101. The van der Waals surface area contributed by atoms with Crippen LogP contribution in [0.3, 0.4) is 0 Å². The first-order valence-corrected chi connectivity index (χ1v) is 45.1. The first-order valence-electron chi connectivity index (χ1n) is 42.1. The maximum atomic E-state index is 13.0. The number of aliphatic hydroxyl groups is 2. The fourth-order valence-electron chi connectivity index (χ4n) is 11.1. The van der Waals surface area contributed by atoms with Crippen LogP contribution in [-0.2, 0) is 55.8 Å². The Labute approximate surface area is 651 Å². The van der Waals surface area contributed by atoms with E-state index >= 15 is 0 Å². The molecule has 4 N–H and O–H groups in total. The van der Waals surface area contributed by atoms with Crippen LogP contribution in [0.4, 0.5) is 0 Å². The third-order valence-corrected chi connectivity index (χ3v) is 19.4. The molecule has 0 aliphatic heterocycles. The predicted molar refractivity (Wildman–Crippen MR) is 445 cm³/mol. The largest absolute Gasteiger partial charge is 0.472 e. The molecule has 107 heavy (non-hydrogen) atoms. The van der Waals surface area contributed by atoms with Gasteiger partial charge in [-0.3, -0.25) is 32.5 Å². The molecule has 0 spiro atoms. The highest BCUT2D eigenvalue weighted by atomic mass is 31.2. The summed E-state index contributed by atoms with van der Waals surface area (Å²) in [7, 11) is -9.80. The molecule has 16 nitrogen and oxygen atoms in total. The SMILES string of the molecule is CC/C=C\C/C=C\C/C=C\C/C=C\C/C=C\C/C=C\CCCCCCCCCCCCCCCCCCC(=O)OCC(O)COP(=O)(O)OCC(O)COP(=O)(O)OCC(COC(=O)CCCCCCCCC/C=C\C/C=C\C/C=C\C/C=C\CCCCC)OC(=O)CCCCCCC/C=C\C/C=C\CCC. The molecule has 0 aliphatic carbocycles. The summed E-state index contributed by atoms with van der Waals surface area (Å²) in [5.74, 6) is -1.60. The van der Waals surface area contributed by atoms with Crippen molar-refractivity contribution in [1.82, 2.24) is 0 Å². The van der Waals surface area contributed by atoms with E-state index in [1.807, 2.05) is 0 Å². The monoisotopic (exact) mass is 1540 g/mol. The van der Waals surface area contributed by atoms with Gasteiger partial charge in [-0.15, -0.1) is 0 Å². The highest BCUT2D eigenvalue weighted by molar-refractivity contribution is 7.47. The normalized spacial score (nSPS) is 14.6. The minimum Gasteiger partial charge on any atom is -0.463 e. The summed E-state index contributed by atoms with van der Waals surface area (Å²) >= 11 is 0. The fourth-order valence-corrected chi connectivity index (χ4v) is 12.7. The van der Waals surface area contributed by atoms with Gasteiger partial charge in [-0.1, -0.05) is 327 Å². The summed E-state index contributed by atoms with van der Waals surface area (Å²) in [6.45, 7) is 2.46. The maximum absolute atomic E-state index is 13.0. The number of carbonyl (C=O) groups excluding carboxylic acids is 3. The van der Waals surface area contributed by atoms with Crippen molar-refractivity contribution < 1.29 is 75.8 Å². The molecule has 0 saturated heterocycles. The Bertz CT molecular complexity index is 2530. The molecule has 0 aliphatic rings. The van der Waals surface area contributed by atoms with Crippen molar-refractivity contribution in [3.63, 3.8) is 0 Å². The molecule has 0 bridgehead atoms. The van der Waals surface area contributed by atoms with Gasteiger partial charge in [0.05, 0.1) is 26.4 Å². The predicted octanol–water partition coefficient (Wildman–Crippen LogP) is 25.2. The molecule has 0 aromatic carbocycles. The first kappa shape index (κ1) is 102. The van der Waals surface area contributed by atoms with Crippen LogP contribution in [0.2, 0.25) is 0 Å². The van der Waals surface area contributed by atoms with Crippen molar-refractivity contribution in [3.8, 4) is 0 Å². The number of ether oxygens (including phenoxy) is 3. The van der Waals surface area contributed by atoms with Crippen molar-refractivity contribution in [3.05, 3.63) is 146 Å². The summed E-state index contributed by atoms with van der Waals surface area (Å²) in [4.78, 5) is 58.7. The van der Waals surface area contributed by atoms with Gasteiger partial charge in [-0.25, -0.2) is 9.13 Å². The lowest BCUT2D eigenvalue weighted by Crippen LogP contribution is -2.30. The highest BCUT2D eigenvalue weighted by Crippen LogP contribution is 2.45. The number of allylic oxidation sites excluding steroid dienone is 24. The van der Waals surface area contributed by atoms with E-state index in [9.17, 15) is 43.5 Å². The van der Waals surface area contributed by atoms with Crippen LogP contribution in [0.5, 0.6) is 0 Å². The second-order valence-corrected chi connectivity index (χ2v) is 30.8. The zero-order valence-corrected chi connectivity index (χ0v) is 69.1. The number of phosphoric ester groups is 2. The minimum absolute atomic E-state index is 0.0835. The van der Waals surface area contributed by atoms with E-state index in [2.05, 4.69) is 167 Å². The minimum atomic E-state index is -4.94. The van der Waals surface area contributed by atoms with Crippen molar-refractivity contribution in [2.75, 3.05) is 39.6 Å². The number of hydrogen-bond acceptors (Lipinski definition) is 14. The van der Waals surface area contributed by atoms with E-state index in [-0.39, 0.29) is 19.3 Å². The molecule has 0 saturated carbocycles. The topological polar surface area (TPSA) is 231 Å². The van der Waals surface area contributed by atoms with Gasteiger partial charge in [0.1, 0.15) is 25.4 Å².